The Hall–Kier alpha value is -1.10. The number of aliphatic hydroxyl groups excluding tert-OH is 1. The number of hydrogen-bond acceptors (Lipinski definition) is 4. The SMILES string of the molecule is CCOCC(O)CN1CCN(c2cccc(C)c2)CC1. The fourth-order valence-electron chi connectivity index (χ4n) is 2.62. The molecule has 1 aromatic rings. The van der Waals surface area contributed by atoms with E-state index < -0.39 is 0 Å². The van der Waals surface area contributed by atoms with Crippen molar-refractivity contribution in [2.24, 2.45) is 0 Å². The Kier molecular flexibility index (Phi) is 5.83. The maximum Gasteiger partial charge on any atom is 0.0900 e. The lowest BCUT2D eigenvalue weighted by molar-refractivity contribution is 0.0202. The number of β-amino-alcohol motifs (C(OH)–C–C–N with tert-alkyl or cyclic N) is 1. The van der Waals surface area contributed by atoms with E-state index in [4.69, 9.17) is 4.74 Å². The van der Waals surface area contributed by atoms with Gasteiger partial charge >= 0.3 is 0 Å². The van der Waals surface area contributed by atoms with Gasteiger partial charge in [0.1, 0.15) is 0 Å². The zero-order valence-corrected chi connectivity index (χ0v) is 12.6. The van der Waals surface area contributed by atoms with E-state index in [2.05, 4.69) is 41.0 Å². The molecule has 1 aliphatic heterocycles. The van der Waals surface area contributed by atoms with Gasteiger partial charge in [0.05, 0.1) is 12.7 Å². The Labute approximate surface area is 122 Å². The van der Waals surface area contributed by atoms with Crippen molar-refractivity contribution in [2.75, 3.05) is 50.8 Å². The van der Waals surface area contributed by atoms with Gasteiger partial charge in [-0.25, -0.2) is 0 Å². The van der Waals surface area contributed by atoms with E-state index >= 15 is 0 Å². The number of hydrogen-bond donors (Lipinski definition) is 1. The van der Waals surface area contributed by atoms with Crippen LogP contribution in [0.4, 0.5) is 5.69 Å². The zero-order chi connectivity index (χ0) is 14.4. The molecule has 1 aromatic carbocycles. The highest BCUT2D eigenvalue weighted by Crippen LogP contribution is 2.17. The molecule has 0 saturated carbocycles. The molecule has 1 atom stereocenters. The van der Waals surface area contributed by atoms with E-state index in [1.807, 2.05) is 6.92 Å². The molecule has 1 saturated heterocycles. The minimum absolute atomic E-state index is 0.375. The van der Waals surface area contributed by atoms with Gasteiger partial charge in [0.15, 0.2) is 0 Å². The normalized spacial score (nSPS) is 18.2. The van der Waals surface area contributed by atoms with Crippen LogP contribution in [0.15, 0.2) is 24.3 Å². The van der Waals surface area contributed by atoms with E-state index in [9.17, 15) is 5.11 Å². The van der Waals surface area contributed by atoms with Crippen molar-refractivity contribution in [3.8, 4) is 0 Å². The lowest BCUT2D eigenvalue weighted by Crippen LogP contribution is -2.49. The topological polar surface area (TPSA) is 35.9 Å². The number of piperazine rings is 1. The van der Waals surface area contributed by atoms with Crippen LogP contribution in [0.5, 0.6) is 0 Å². The quantitative estimate of drug-likeness (QED) is 0.856. The maximum absolute atomic E-state index is 9.87. The fourth-order valence-corrected chi connectivity index (χ4v) is 2.62. The van der Waals surface area contributed by atoms with Gasteiger partial charge in [0, 0.05) is 45.0 Å². The molecule has 1 fully saturated rings. The molecule has 0 spiro atoms. The number of aryl methyl sites for hydroxylation is 1. The molecule has 1 unspecified atom stereocenters. The van der Waals surface area contributed by atoms with Gasteiger partial charge in [0.2, 0.25) is 0 Å². The van der Waals surface area contributed by atoms with Crippen LogP contribution >= 0.6 is 0 Å². The number of rotatable bonds is 6. The van der Waals surface area contributed by atoms with Crippen molar-refractivity contribution >= 4 is 5.69 Å². The van der Waals surface area contributed by atoms with E-state index in [-0.39, 0.29) is 6.10 Å². The first-order chi connectivity index (χ1) is 9.69. The minimum Gasteiger partial charge on any atom is -0.389 e. The summed E-state index contributed by atoms with van der Waals surface area (Å²) in [7, 11) is 0. The van der Waals surface area contributed by atoms with Gasteiger partial charge in [-0.1, -0.05) is 12.1 Å². The predicted molar refractivity (Wildman–Crippen MR) is 82.3 cm³/mol. The van der Waals surface area contributed by atoms with Gasteiger partial charge in [-0.15, -0.1) is 0 Å². The van der Waals surface area contributed by atoms with Crippen LogP contribution in [-0.4, -0.2) is 62.0 Å². The van der Waals surface area contributed by atoms with Crippen molar-refractivity contribution < 1.29 is 9.84 Å². The van der Waals surface area contributed by atoms with Crippen LogP contribution in [0.3, 0.4) is 0 Å². The van der Waals surface area contributed by atoms with Crippen LogP contribution in [0.1, 0.15) is 12.5 Å². The van der Waals surface area contributed by atoms with Crippen molar-refractivity contribution in [3.63, 3.8) is 0 Å². The first kappa shape index (κ1) is 15.3. The number of benzene rings is 1. The molecule has 1 N–H and O–H groups in total. The standard InChI is InChI=1S/C16H26N2O2/c1-3-20-13-16(19)12-17-7-9-18(10-8-17)15-6-4-5-14(2)11-15/h4-6,11,16,19H,3,7-10,12-13H2,1-2H3. The van der Waals surface area contributed by atoms with Crippen LogP contribution in [0, 0.1) is 6.92 Å². The summed E-state index contributed by atoms with van der Waals surface area (Å²) in [4.78, 5) is 4.73. The number of anilines is 1. The van der Waals surface area contributed by atoms with Gasteiger partial charge in [-0.2, -0.15) is 0 Å². The molecule has 1 aliphatic rings. The Morgan fingerprint density at radius 3 is 2.65 bits per heavy atom. The smallest absolute Gasteiger partial charge is 0.0900 e. The average molecular weight is 278 g/mol. The Bertz CT molecular complexity index is 403. The third-order valence-corrected chi connectivity index (χ3v) is 3.72. The zero-order valence-electron chi connectivity index (χ0n) is 12.6. The molecule has 112 valence electrons. The van der Waals surface area contributed by atoms with Crippen LogP contribution in [0.25, 0.3) is 0 Å². The third-order valence-electron chi connectivity index (χ3n) is 3.72. The van der Waals surface area contributed by atoms with Crippen molar-refractivity contribution in [2.45, 2.75) is 20.0 Å². The first-order valence-electron chi connectivity index (χ1n) is 7.49. The van der Waals surface area contributed by atoms with E-state index in [1.54, 1.807) is 0 Å². The summed E-state index contributed by atoms with van der Waals surface area (Å²) >= 11 is 0. The van der Waals surface area contributed by atoms with Crippen molar-refractivity contribution in [1.29, 1.82) is 0 Å². The summed E-state index contributed by atoms with van der Waals surface area (Å²) in [5.41, 5.74) is 2.61. The Balaban J connectivity index is 1.77. The molecule has 0 radical (unpaired) electrons. The monoisotopic (exact) mass is 278 g/mol. The number of nitrogens with zero attached hydrogens (tertiary/aromatic N) is 2. The van der Waals surface area contributed by atoms with Crippen LogP contribution in [0.2, 0.25) is 0 Å². The molecular weight excluding hydrogens is 252 g/mol. The predicted octanol–water partition coefficient (Wildman–Crippen LogP) is 1.51. The molecule has 4 nitrogen and oxygen atoms in total. The highest BCUT2D eigenvalue weighted by atomic mass is 16.5. The summed E-state index contributed by atoms with van der Waals surface area (Å²) in [5.74, 6) is 0. The summed E-state index contributed by atoms with van der Waals surface area (Å²) in [5, 5.41) is 9.87. The number of aliphatic hydroxyl groups is 1. The molecule has 0 bridgehead atoms. The van der Waals surface area contributed by atoms with E-state index in [0.717, 1.165) is 26.2 Å². The van der Waals surface area contributed by atoms with E-state index in [0.29, 0.717) is 19.8 Å². The van der Waals surface area contributed by atoms with E-state index in [1.165, 1.54) is 11.3 Å². The molecule has 0 aromatic heterocycles. The summed E-state index contributed by atoms with van der Waals surface area (Å²) in [6.45, 7) is 9.93. The largest absolute Gasteiger partial charge is 0.389 e. The highest BCUT2D eigenvalue weighted by Gasteiger charge is 2.19. The molecule has 2 rings (SSSR count). The second-order valence-corrected chi connectivity index (χ2v) is 5.44. The lowest BCUT2D eigenvalue weighted by Gasteiger charge is -2.37. The molecule has 1 heterocycles. The second-order valence-electron chi connectivity index (χ2n) is 5.44. The maximum atomic E-state index is 9.87. The van der Waals surface area contributed by atoms with Crippen LogP contribution < -0.4 is 4.90 Å². The molecule has 0 amide bonds. The Morgan fingerprint density at radius 2 is 2.00 bits per heavy atom. The van der Waals surface area contributed by atoms with Crippen LogP contribution in [-0.2, 0) is 4.74 Å². The van der Waals surface area contributed by atoms with Gasteiger partial charge in [-0.3, -0.25) is 4.90 Å². The second kappa shape index (κ2) is 7.62. The first-order valence-corrected chi connectivity index (χ1v) is 7.49. The van der Waals surface area contributed by atoms with Crippen molar-refractivity contribution in [1.82, 2.24) is 4.90 Å². The number of ether oxygens (including phenoxy) is 1. The average Bonchev–Trinajstić information content (AvgIpc) is 2.46. The highest BCUT2D eigenvalue weighted by molar-refractivity contribution is 5.48. The third kappa shape index (κ3) is 4.47. The van der Waals surface area contributed by atoms with Crippen molar-refractivity contribution in [3.05, 3.63) is 29.8 Å². The van der Waals surface area contributed by atoms with Gasteiger partial charge in [-0.05, 0) is 31.5 Å². The summed E-state index contributed by atoms with van der Waals surface area (Å²) in [6, 6.07) is 8.65. The van der Waals surface area contributed by atoms with Gasteiger partial charge in [0.25, 0.3) is 0 Å². The summed E-state index contributed by atoms with van der Waals surface area (Å²) < 4.78 is 5.25. The molecule has 4 heteroatoms. The Morgan fingerprint density at radius 1 is 1.25 bits per heavy atom. The minimum atomic E-state index is -0.375. The molecule has 0 aliphatic carbocycles. The molecule has 20 heavy (non-hydrogen) atoms. The summed E-state index contributed by atoms with van der Waals surface area (Å²) in [6.07, 6.45) is -0.375. The fraction of sp³-hybridized carbons (Fsp3) is 0.625. The molecular formula is C16H26N2O2. The van der Waals surface area contributed by atoms with Gasteiger partial charge < -0.3 is 14.7 Å². The lowest BCUT2D eigenvalue weighted by atomic mass is 10.2.